The van der Waals surface area contributed by atoms with Crippen molar-refractivity contribution in [3.05, 3.63) is 30.1 Å². The highest BCUT2D eigenvalue weighted by Crippen LogP contribution is 2.14. The first-order valence-corrected chi connectivity index (χ1v) is 5.21. The maximum Gasteiger partial charge on any atom is 0.325 e. The number of rotatable bonds is 5. The van der Waals surface area contributed by atoms with E-state index in [0.29, 0.717) is 5.75 Å². The van der Waals surface area contributed by atoms with Crippen LogP contribution >= 0.6 is 0 Å². The van der Waals surface area contributed by atoms with Gasteiger partial charge in [-0.15, -0.1) is 0 Å². The third kappa shape index (κ3) is 4.03. The van der Waals surface area contributed by atoms with E-state index in [4.69, 9.17) is 10.5 Å². The maximum atomic E-state index is 12.8. The van der Waals surface area contributed by atoms with Crippen LogP contribution < -0.4 is 10.5 Å². The quantitative estimate of drug-likeness (QED) is 0.793. The van der Waals surface area contributed by atoms with Crippen LogP contribution in [0.3, 0.4) is 0 Å². The molecule has 0 fully saturated rings. The van der Waals surface area contributed by atoms with E-state index >= 15 is 0 Å². The van der Waals surface area contributed by atoms with E-state index in [1.165, 1.54) is 19.2 Å². The fourth-order valence-corrected chi connectivity index (χ4v) is 1.27. The second-order valence-corrected chi connectivity index (χ2v) is 3.96. The lowest BCUT2D eigenvalue weighted by atomic mass is 10.0. The van der Waals surface area contributed by atoms with Crippen molar-refractivity contribution in [2.45, 2.75) is 18.9 Å². The van der Waals surface area contributed by atoms with Crippen LogP contribution in [0.2, 0.25) is 0 Å². The maximum absolute atomic E-state index is 12.8. The van der Waals surface area contributed by atoms with Gasteiger partial charge in [0.05, 0.1) is 13.7 Å². The molecule has 1 aromatic carbocycles. The molecule has 0 radical (unpaired) electrons. The molecule has 0 aliphatic rings. The monoisotopic (exact) mass is 241 g/mol. The number of carbonyl (C=O) groups is 1. The number of halogens is 1. The molecule has 1 unspecified atom stereocenters. The lowest BCUT2D eigenvalue weighted by molar-refractivity contribution is -0.146. The number of esters is 1. The van der Waals surface area contributed by atoms with Gasteiger partial charge in [0, 0.05) is 12.5 Å². The number of hydrogen-bond acceptors (Lipinski definition) is 4. The van der Waals surface area contributed by atoms with Gasteiger partial charge in [0.2, 0.25) is 0 Å². The van der Waals surface area contributed by atoms with E-state index in [-0.39, 0.29) is 18.8 Å². The van der Waals surface area contributed by atoms with Gasteiger partial charge < -0.3 is 15.2 Å². The molecule has 1 rings (SSSR count). The zero-order chi connectivity index (χ0) is 12.9. The zero-order valence-corrected chi connectivity index (χ0v) is 9.90. The van der Waals surface area contributed by atoms with Gasteiger partial charge in [0.25, 0.3) is 0 Å². The smallest absolute Gasteiger partial charge is 0.325 e. The fraction of sp³-hybridized carbons (Fsp3) is 0.417. The molecule has 0 saturated carbocycles. The molecule has 0 spiro atoms. The highest BCUT2D eigenvalue weighted by molar-refractivity contribution is 5.79. The number of hydrogen-bond donors (Lipinski definition) is 1. The summed E-state index contributed by atoms with van der Waals surface area (Å²) in [6.07, 6.45) is 0.288. The highest BCUT2D eigenvalue weighted by atomic mass is 19.1. The predicted octanol–water partition coefficient (Wildman–Crippen LogP) is 1.48. The van der Waals surface area contributed by atoms with Crippen LogP contribution in [0, 0.1) is 5.82 Å². The van der Waals surface area contributed by atoms with Crippen molar-refractivity contribution in [1.82, 2.24) is 0 Å². The first-order chi connectivity index (χ1) is 7.95. The second kappa shape index (κ2) is 5.63. The summed E-state index contributed by atoms with van der Waals surface area (Å²) in [5, 5.41) is 0. The van der Waals surface area contributed by atoms with Crippen LogP contribution in [0.15, 0.2) is 24.3 Å². The molecule has 0 bridgehead atoms. The van der Waals surface area contributed by atoms with E-state index in [1.54, 1.807) is 19.1 Å². The number of carbonyl (C=O) groups excluding carboxylic acids is 1. The molecule has 0 aromatic heterocycles. The SMILES string of the molecule is COC(=O)C(C)(N)CCOc1cccc(F)c1. The molecule has 5 heteroatoms. The van der Waals surface area contributed by atoms with Crippen LogP contribution in [0.5, 0.6) is 5.75 Å². The van der Waals surface area contributed by atoms with Crippen LogP contribution in [-0.4, -0.2) is 25.2 Å². The molecule has 1 aromatic rings. The van der Waals surface area contributed by atoms with E-state index < -0.39 is 11.5 Å². The highest BCUT2D eigenvalue weighted by Gasteiger charge is 2.29. The molecule has 0 aliphatic heterocycles. The van der Waals surface area contributed by atoms with Gasteiger partial charge in [-0.3, -0.25) is 4.79 Å². The molecule has 94 valence electrons. The van der Waals surface area contributed by atoms with Gasteiger partial charge in [-0.05, 0) is 19.1 Å². The van der Waals surface area contributed by atoms with Crippen molar-refractivity contribution in [3.8, 4) is 5.75 Å². The number of methoxy groups -OCH3 is 1. The average Bonchev–Trinajstić information content (AvgIpc) is 2.27. The van der Waals surface area contributed by atoms with Crippen molar-refractivity contribution in [3.63, 3.8) is 0 Å². The van der Waals surface area contributed by atoms with Crippen molar-refractivity contribution < 1.29 is 18.7 Å². The summed E-state index contributed by atoms with van der Waals surface area (Å²) in [6.45, 7) is 1.78. The molecular weight excluding hydrogens is 225 g/mol. The lowest BCUT2D eigenvalue weighted by Gasteiger charge is -2.21. The summed E-state index contributed by atoms with van der Waals surface area (Å²) in [4.78, 5) is 11.3. The normalized spacial score (nSPS) is 13.9. The van der Waals surface area contributed by atoms with Crippen molar-refractivity contribution in [2.24, 2.45) is 5.73 Å². The van der Waals surface area contributed by atoms with Crippen LogP contribution in [0.1, 0.15) is 13.3 Å². The van der Waals surface area contributed by atoms with Gasteiger partial charge >= 0.3 is 5.97 Å². The van der Waals surface area contributed by atoms with Crippen LogP contribution in [-0.2, 0) is 9.53 Å². The molecule has 0 amide bonds. The van der Waals surface area contributed by atoms with Gasteiger partial charge in [-0.25, -0.2) is 4.39 Å². The van der Waals surface area contributed by atoms with Gasteiger partial charge in [0.15, 0.2) is 0 Å². The number of nitrogens with two attached hydrogens (primary N) is 1. The van der Waals surface area contributed by atoms with Crippen LogP contribution in [0.4, 0.5) is 4.39 Å². The molecule has 4 nitrogen and oxygen atoms in total. The summed E-state index contributed by atoms with van der Waals surface area (Å²) < 4.78 is 22.7. The Morgan fingerprint density at radius 1 is 1.53 bits per heavy atom. The Morgan fingerprint density at radius 3 is 2.82 bits per heavy atom. The van der Waals surface area contributed by atoms with Gasteiger partial charge in [-0.2, -0.15) is 0 Å². The van der Waals surface area contributed by atoms with E-state index in [1.807, 2.05) is 0 Å². The summed E-state index contributed by atoms with van der Waals surface area (Å²) in [7, 11) is 1.28. The number of benzene rings is 1. The minimum Gasteiger partial charge on any atom is -0.493 e. The summed E-state index contributed by atoms with van der Waals surface area (Å²) in [5.74, 6) is -0.461. The lowest BCUT2D eigenvalue weighted by Crippen LogP contribution is -2.46. The standard InChI is InChI=1S/C12H16FNO3/c1-12(14,11(15)16-2)6-7-17-10-5-3-4-9(13)8-10/h3-5,8H,6-7,14H2,1-2H3. The Kier molecular flexibility index (Phi) is 4.45. The molecule has 17 heavy (non-hydrogen) atoms. The summed E-state index contributed by atoms with van der Waals surface area (Å²) in [5.41, 5.74) is 4.64. The molecule has 0 heterocycles. The Bertz CT molecular complexity index is 393. The van der Waals surface area contributed by atoms with E-state index in [0.717, 1.165) is 0 Å². The van der Waals surface area contributed by atoms with E-state index in [2.05, 4.69) is 4.74 Å². The Labute approximate surface area is 99.5 Å². The fourth-order valence-electron chi connectivity index (χ4n) is 1.27. The first kappa shape index (κ1) is 13.4. The third-order valence-electron chi connectivity index (χ3n) is 2.34. The largest absolute Gasteiger partial charge is 0.493 e. The van der Waals surface area contributed by atoms with Crippen molar-refractivity contribution >= 4 is 5.97 Å². The molecule has 2 N–H and O–H groups in total. The Morgan fingerprint density at radius 2 is 2.24 bits per heavy atom. The molecular formula is C12H16FNO3. The molecule has 1 atom stereocenters. The minimum atomic E-state index is -1.10. The van der Waals surface area contributed by atoms with Crippen LogP contribution in [0.25, 0.3) is 0 Å². The average molecular weight is 241 g/mol. The van der Waals surface area contributed by atoms with Crippen molar-refractivity contribution in [1.29, 1.82) is 0 Å². The minimum absolute atomic E-state index is 0.214. The predicted molar refractivity (Wildman–Crippen MR) is 61.1 cm³/mol. The summed E-state index contributed by atoms with van der Waals surface area (Å²) >= 11 is 0. The first-order valence-electron chi connectivity index (χ1n) is 5.21. The summed E-state index contributed by atoms with van der Waals surface area (Å²) in [6, 6.07) is 5.78. The third-order valence-corrected chi connectivity index (χ3v) is 2.34. The Balaban J connectivity index is 2.45. The number of ether oxygens (including phenoxy) is 2. The Hall–Kier alpha value is -1.62. The van der Waals surface area contributed by atoms with Gasteiger partial charge in [0.1, 0.15) is 17.1 Å². The molecule has 0 saturated heterocycles. The van der Waals surface area contributed by atoms with E-state index in [9.17, 15) is 9.18 Å². The van der Waals surface area contributed by atoms with Gasteiger partial charge in [-0.1, -0.05) is 6.07 Å². The topological polar surface area (TPSA) is 61.5 Å². The van der Waals surface area contributed by atoms with Crippen molar-refractivity contribution in [2.75, 3.05) is 13.7 Å². The molecule has 0 aliphatic carbocycles. The zero-order valence-electron chi connectivity index (χ0n) is 9.90. The second-order valence-electron chi connectivity index (χ2n) is 3.96.